The highest BCUT2D eigenvalue weighted by Crippen LogP contribution is 2.29. The van der Waals surface area contributed by atoms with Crippen molar-refractivity contribution in [2.45, 2.75) is 6.54 Å². The van der Waals surface area contributed by atoms with Gasteiger partial charge >= 0.3 is 0 Å². The van der Waals surface area contributed by atoms with Gasteiger partial charge in [0, 0.05) is 44.5 Å². The summed E-state index contributed by atoms with van der Waals surface area (Å²) in [6, 6.07) is 8.44. The van der Waals surface area contributed by atoms with Crippen molar-refractivity contribution in [1.82, 2.24) is 29.0 Å². The number of rotatable bonds is 6. The van der Waals surface area contributed by atoms with Gasteiger partial charge in [-0.2, -0.15) is 5.10 Å². The van der Waals surface area contributed by atoms with E-state index in [1.165, 1.54) is 17.0 Å². The lowest BCUT2D eigenvalue weighted by atomic mass is 10.1. The molecular weight excluding hydrogens is 425 g/mol. The third kappa shape index (κ3) is 3.64. The monoisotopic (exact) mass is 447 g/mol. The zero-order valence-corrected chi connectivity index (χ0v) is 18.2. The molecule has 0 saturated carbocycles. The Morgan fingerprint density at radius 1 is 1.24 bits per heavy atom. The second kappa shape index (κ2) is 8.14. The predicted molar refractivity (Wildman–Crippen MR) is 122 cm³/mol. The summed E-state index contributed by atoms with van der Waals surface area (Å²) < 4.78 is 23.8. The van der Waals surface area contributed by atoms with Crippen molar-refractivity contribution in [3.63, 3.8) is 0 Å². The van der Waals surface area contributed by atoms with Crippen LogP contribution in [0.2, 0.25) is 0 Å². The van der Waals surface area contributed by atoms with Crippen LogP contribution in [0.5, 0.6) is 0 Å². The lowest BCUT2D eigenvalue weighted by molar-refractivity contribution is 0.0674. The number of imidazole rings is 1. The van der Waals surface area contributed by atoms with Crippen LogP contribution in [0.4, 0.5) is 10.2 Å². The van der Waals surface area contributed by atoms with Crippen LogP contribution in [0.3, 0.4) is 0 Å². The number of pyridine rings is 2. The second-order valence-electron chi connectivity index (χ2n) is 7.79. The first-order chi connectivity index (χ1) is 16.0. The fourth-order valence-corrected chi connectivity index (χ4v) is 4.03. The number of carbonyl (C=O) groups is 1. The minimum Gasteiger partial charge on any atom is -0.383 e. The van der Waals surface area contributed by atoms with E-state index in [0.29, 0.717) is 34.1 Å². The highest BCUT2D eigenvalue weighted by molar-refractivity contribution is 6.10. The average Bonchev–Trinajstić information content (AvgIpc) is 3.39. The number of aryl methyl sites for hydroxylation is 1. The van der Waals surface area contributed by atoms with Crippen LogP contribution in [-0.4, -0.2) is 55.2 Å². The number of carbonyl (C=O) groups excluding carboxylic acids is 1. The highest BCUT2D eigenvalue weighted by Gasteiger charge is 2.23. The molecule has 0 bridgehead atoms. The maximum Gasteiger partial charge on any atom is 0.257 e. The van der Waals surface area contributed by atoms with Crippen LogP contribution in [-0.2, 0) is 18.3 Å². The zero-order chi connectivity index (χ0) is 23.1. The van der Waals surface area contributed by atoms with Crippen molar-refractivity contribution >= 4 is 39.2 Å². The summed E-state index contributed by atoms with van der Waals surface area (Å²) in [6.07, 6.45) is 5.34. The van der Waals surface area contributed by atoms with Gasteiger partial charge in [0.05, 0.1) is 47.0 Å². The predicted octanol–water partition coefficient (Wildman–Crippen LogP) is 2.78. The molecular formula is C23H22FN7O2. The van der Waals surface area contributed by atoms with E-state index in [0.717, 1.165) is 5.65 Å². The molecule has 5 rings (SSSR count). The number of amides is 1. The van der Waals surface area contributed by atoms with E-state index in [4.69, 9.17) is 10.5 Å². The standard InChI is InChI=1S/C23H22FN7O2/c1-29-21-16-9-15(18(24)10-19(16)28-22(25)17(21)11-26-29)23(32)31(7-8-33-2)13-14-12-30-6-4-3-5-20(30)27-14/h3-6,9-12H,7-8,13H2,1-2H3,(H2,25,28). The number of nitrogens with two attached hydrogens (primary N) is 1. The van der Waals surface area contributed by atoms with Gasteiger partial charge in [-0.15, -0.1) is 0 Å². The molecule has 168 valence electrons. The maximum absolute atomic E-state index is 15.1. The number of fused-ring (bicyclic) bond motifs is 4. The average molecular weight is 447 g/mol. The number of nitrogen functional groups attached to an aromatic ring is 1. The summed E-state index contributed by atoms with van der Waals surface area (Å²) in [5.74, 6) is -0.869. The molecule has 10 heteroatoms. The van der Waals surface area contributed by atoms with Crippen LogP contribution < -0.4 is 5.73 Å². The number of ether oxygens (including phenoxy) is 1. The number of nitrogens with zero attached hydrogens (tertiary/aromatic N) is 6. The fourth-order valence-electron chi connectivity index (χ4n) is 4.03. The van der Waals surface area contributed by atoms with Gasteiger partial charge in [0.15, 0.2) is 0 Å². The molecule has 0 saturated heterocycles. The van der Waals surface area contributed by atoms with E-state index >= 15 is 4.39 Å². The molecule has 0 spiro atoms. The molecule has 0 aliphatic carbocycles. The summed E-state index contributed by atoms with van der Waals surface area (Å²) in [5, 5.41) is 5.49. The Morgan fingerprint density at radius 3 is 2.88 bits per heavy atom. The number of benzene rings is 1. The first-order valence-corrected chi connectivity index (χ1v) is 10.4. The molecule has 33 heavy (non-hydrogen) atoms. The second-order valence-corrected chi connectivity index (χ2v) is 7.79. The Hall–Kier alpha value is -4.05. The number of methoxy groups -OCH3 is 1. The number of aromatic nitrogens is 5. The van der Waals surface area contributed by atoms with Crippen molar-refractivity contribution in [2.75, 3.05) is 26.0 Å². The van der Waals surface area contributed by atoms with Gasteiger partial charge in [0.25, 0.3) is 5.91 Å². The molecule has 0 aliphatic rings. The summed E-state index contributed by atoms with van der Waals surface area (Å²) in [6.45, 7) is 0.794. The topological polar surface area (TPSA) is 104 Å². The van der Waals surface area contributed by atoms with Gasteiger partial charge in [-0.1, -0.05) is 6.07 Å². The minimum absolute atomic E-state index is 0.0589. The van der Waals surface area contributed by atoms with Crippen LogP contribution in [0.25, 0.3) is 27.5 Å². The van der Waals surface area contributed by atoms with Crippen molar-refractivity contribution < 1.29 is 13.9 Å². The molecule has 0 aliphatic heterocycles. The van der Waals surface area contributed by atoms with Crippen molar-refractivity contribution in [2.24, 2.45) is 7.05 Å². The Bertz CT molecular complexity index is 1470. The Labute approximate surface area is 188 Å². The van der Waals surface area contributed by atoms with Gasteiger partial charge < -0.3 is 19.8 Å². The first kappa shape index (κ1) is 20.8. The highest BCUT2D eigenvalue weighted by atomic mass is 19.1. The van der Waals surface area contributed by atoms with E-state index in [-0.39, 0.29) is 24.5 Å². The molecule has 0 radical (unpaired) electrons. The molecule has 9 nitrogen and oxygen atoms in total. The van der Waals surface area contributed by atoms with Gasteiger partial charge in [-0.3, -0.25) is 9.48 Å². The summed E-state index contributed by atoms with van der Waals surface area (Å²) in [5.41, 5.74) is 8.47. The lowest BCUT2D eigenvalue weighted by Crippen LogP contribution is -2.34. The molecule has 1 amide bonds. The molecule has 1 aromatic carbocycles. The Kier molecular flexibility index (Phi) is 5.14. The van der Waals surface area contributed by atoms with E-state index in [9.17, 15) is 4.79 Å². The number of hydrogen-bond acceptors (Lipinski definition) is 6. The molecule has 5 aromatic rings. The molecule has 4 heterocycles. The van der Waals surface area contributed by atoms with Gasteiger partial charge in [0.1, 0.15) is 17.3 Å². The molecule has 0 fully saturated rings. The van der Waals surface area contributed by atoms with Gasteiger partial charge in [0.2, 0.25) is 0 Å². The van der Waals surface area contributed by atoms with E-state index in [1.54, 1.807) is 25.0 Å². The van der Waals surface area contributed by atoms with E-state index in [2.05, 4.69) is 15.1 Å². The first-order valence-electron chi connectivity index (χ1n) is 10.4. The fraction of sp³-hybridized carbons (Fsp3) is 0.217. The third-order valence-corrected chi connectivity index (χ3v) is 5.65. The van der Waals surface area contributed by atoms with Gasteiger partial charge in [-0.25, -0.2) is 14.4 Å². The van der Waals surface area contributed by atoms with Crippen molar-refractivity contribution in [1.29, 1.82) is 0 Å². The zero-order valence-electron chi connectivity index (χ0n) is 18.2. The van der Waals surface area contributed by atoms with Crippen molar-refractivity contribution in [3.8, 4) is 0 Å². The van der Waals surface area contributed by atoms with Crippen molar-refractivity contribution in [3.05, 3.63) is 66.0 Å². The maximum atomic E-state index is 15.1. The minimum atomic E-state index is -0.668. The third-order valence-electron chi connectivity index (χ3n) is 5.65. The molecule has 2 N–H and O–H groups in total. The Balaban J connectivity index is 1.57. The summed E-state index contributed by atoms with van der Waals surface area (Å²) in [4.78, 5) is 23.9. The number of anilines is 1. The summed E-state index contributed by atoms with van der Waals surface area (Å²) in [7, 11) is 3.32. The number of hydrogen-bond donors (Lipinski definition) is 1. The van der Waals surface area contributed by atoms with Crippen LogP contribution >= 0.6 is 0 Å². The van der Waals surface area contributed by atoms with E-state index in [1.807, 2.05) is 35.0 Å². The Morgan fingerprint density at radius 2 is 2.09 bits per heavy atom. The molecule has 4 aromatic heterocycles. The largest absolute Gasteiger partial charge is 0.383 e. The molecule has 0 atom stereocenters. The quantitative estimate of drug-likeness (QED) is 0.429. The van der Waals surface area contributed by atoms with Crippen LogP contribution in [0.15, 0.2) is 48.9 Å². The SMILES string of the molecule is COCCN(Cc1cn2ccccc2n1)C(=O)c1cc2c(cc1F)nc(N)c1cnn(C)c12. The normalized spacial score (nSPS) is 11.6. The number of halogens is 1. The smallest absolute Gasteiger partial charge is 0.257 e. The van der Waals surface area contributed by atoms with Crippen LogP contribution in [0, 0.1) is 5.82 Å². The lowest BCUT2D eigenvalue weighted by Gasteiger charge is -2.22. The summed E-state index contributed by atoms with van der Waals surface area (Å²) >= 11 is 0. The molecule has 0 unspecified atom stereocenters. The van der Waals surface area contributed by atoms with Gasteiger partial charge in [-0.05, 0) is 18.2 Å². The van der Waals surface area contributed by atoms with Crippen LogP contribution in [0.1, 0.15) is 16.1 Å². The van der Waals surface area contributed by atoms with E-state index < -0.39 is 11.7 Å².